The quantitative estimate of drug-likeness (QED) is 0.204. The van der Waals surface area contributed by atoms with Crippen LogP contribution in [0.1, 0.15) is 11.1 Å². The van der Waals surface area contributed by atoms with E-state index in [0.717, 1.165) is 53.2 Å². The van der Waals surface area contributed by atoms with Crippen molar-refractivity contribution in [3.63, 3.8) is 0 Å². The molecule has 0 radical (unpaired) electrons. The van der Waals surface area contributed by atoms with E-state index in [4.69, 9.17) is 0 Å². The van der Waals surface area contributed by atoms with E-state index in [-0.39, 0.29) is 0 Å². The first kappa shape index (κ1) is 24.2. The summed E-state index contributed by atoms with van der Waals surface area (Å²) in [6.07, 6.45) is 0. The predicted molar refractivity (Wildman–Crippen MR) is 181 cm³/mol. The maximum Gasteiger partial charge on any atom is 0.101 e. The molecule has 0 N–H and O–H groups in total. The van der Waals surface area contributed by atoms with Crippen LogP contribution in [-0.4, -0.2) is 4.57 Å². The number of fused-ring (bicyclic) bond motifs is 9. The number of para-hydroxylation sites is 1. The average molecular weight is 582 g/mol. The summed E-state index contributed by atoms with van der Waals surface area (Å²) in [5.41, 5.74) is 6.89. The maximum absolute atomic E-state index is 10.2. The van der Waals surface area contributed by atoms with Crippen LogP contribution in [0.4, 0.5) is 0 Å². The lowest BCUT2D eigenvalue weighted by atomic mass is 9.94. The summed E-state index contributed by atoms with van der Waals surface area (Å²) in [6, 6.07) is 44.8. The summed E-state index contributed by atoms with van der Waals surface area (Å²) < 4.78 is 6.99. The molecule has 0 saturated carbocycles. The minimum absolute atomic E-state index is 0.647. The third kappa shape index (κ3) is 3.32. The van der Waals surface area contributed by atoms with Crippen LogP contribution >= 0.6 is 22.7 Å². The van der Waals surface area contributed by atoms with E-state index in [9.17, 15) is 10.5 Å². The molecule has 0 amide bonds. The Morgan fingerprint density at radius 1 is 0.512 bits per heavy atom. The maximum atomic E-state index is 10.2. The van der Waals surface area contributed by atoms with Crippen LogP contribution in [0, 0.1) is 22.7 Å². The van der Waals surface area contributed by atoms with Crippen molar-refractivity contribution >= 4 is 84.8 Å². The fourth-order valence-corrected chi connectivity index (χ4v) is 9.10. The minimum atomic E-state index is 0.647. The van der Waals surface area contributed by atoms with Gasteiger partial charge in [-0.2, -0.15) is 10.5 Å². The lowest BCUT2D eigenvalue weighted by Gasteiger charge is -2.10. The van der Waals surface area contributed by atoms with Gasteiger partial charge in [-0.15, -0.1) is 22.7 Å². The van der Waals surface area contributed by atoms with Gasteiger partial charge < -0.3 is 4.57 Å². The summed E-state index contributed by atoms with van der Waals surface area (Å²) in [7, 11) is 0. The van der Waals surface area contributed by atoms with Crippen LogP contribution in [0.5, 0.6) is 0 Å². The first-order valence-corrected chi connectivity index (χ1v) is 15.6. The second kappa shape index (κ2) is 9.02. The molecular formula is C38H19N3S2. The third-order valence-corrected chi connectivity index (χ3v) is 10.9. The Kier molecular flexibility index (Phi) is 5.07. The van der Waals surface area contributed by atoms with E-state index in [1.54, 1.807) is 11.3 Å². The number of aromatic nitrogens is 1. The fraction of sp³-hybridized carbons (Fsp3) is 0. The van der Waals surface area contributed by atoms with Crippen molar-refractivity contribution in [3.05, 3.63) is 126 Å². The first-order chi connectivity index (χ1) is 21.2. The highest BCUT2D eigenvalue weighted by Gasteiger charge is 2.21. The zero-order valence-corrected chi connectivity index (χ0v) is 24.3. The normalized spacial score (nSPS) is 11.7. The van der Waals surface area contributed by atoms with Crippen molar-refractivity contribution in [2.24, 2.45) is 0 Å². The smallest absolute Gasteiger partial charge is 0.101 e. The summed E-state index contributed by atoms with van der Waals surface area (Å²) in [4.78, 5) is 0. The fourth-order valence-electron chi connectivity index (χ4n) is 6.68. The molecule has 0 fully saturated rings. The number of rotatable bonds is 2. The second-order valence-electron chi connectivity index (χ2n) is 10.7. The summed E-state index contributed by atoms with van der Waals surface area (Å²) in [5, 5.41) is 26.8. The largest absolute Gasteiger partial charge is 0.308 e. The lowest BCUT2D eigenvalue weighted by Crippen LogP contribution is -1.93. The van der Waals surface area contributed by atoms with Crippen LogP contribution in [0.3, 0.4) is 0 Å². The molecule has 0 unspecified atom stereocenters. The van der Waals surface area contributed by atoms with E-state index in [1.807, 2.05) is 35.6 Å². The zero-order valence-electron chi connectivity index (χ0n) is 22.6. The topological polar surface area (TPSA) is 52.5 Å². The monoisotopic (exact) mass is 581 g/mol. The van der Waals surface area contributed by atoms with E-state index < -0.39 is 0 Å². The Labute approximate surface area is 254 Å². The molecule has 0 aliphatic rings. The first-order valence-electron chi connectivity index (χ1n) is 14.0. The highest BCUT2D eigenvalue weighted by molar-refractivity contribution is 7.27. The van der Waals surface area contributed by atoms with E-state index >= 15 is 0 Å². The van der Waals surface area contributed by atoms with Gasteiger partial charge in [-0.3, -0.25) is 0 Å². The van der Waals surface area contributed by atoms with Gasteiger partial charge in [-0.05, 0) is 59.7 Å². The Hall–Kier alpha value is -5.46. The number of benzene rings is 6. The van der Waals surface area contributed by atoms with Gasteiger partial charge >= 0.3 is 0 Å². The Bertz CT molecular complexity index is 2710. The Morgan fingerprint density at radius 3 is 2.14 bits per heavy atom. The van der Waals surface area contributed by atoms with Gasteiger partial charge in [0.25, 0.3) is 0 Å². The van der Waals surface area contributed by atoms with Crippen molar-refractivity contribution in [2.45, 2.75) is 0 Å². The van der Waals surface area contributed by atoms with Crippen molar-refractivity contribution < 1.29 is 0 Å². The number of nitriles is 2. The number of nitrogens with zero attached hydrogens (tertiary/aromatic N) is 3. The molecule has 43 heavy (non-hydrogen) atoms. The van der Waals surface area contributed by atoms with Crippen LogP contribution < -0.4 is 0 Å². The van der Waals surface area contributed by atoms with Crippen molar-refractivity contribution in [3.8, 4) is 29.0 Å². The van der Waals surface area contributed by atoms with Gasteiger partial charge in [0.15, 0.2) is 0 Å². The molecule has 9 aromatic rings. The minimum Gasteiger partial charge on any atom is -0.308 e. The van der Waals surface area contributed by atoms with Gasteiger partial charge in [0, 0.05) is 41.7 Å². The van der Waals surface area contributed by atoms with E-state index in [1.165, 1.54) is 25.7 Å². The van der Waals surface area contributed by atoms with Gasteiger partial charge in [0.1, 0.15) is 6.07 Å². The standard InChI is InChI=1S/C38H19N3S2/c39-20-22-15-18-31-29(19-22)24-7-1-3-11-30(24)41(31)32-12-5-10-28-36-26(17-16-23(21-40)37(36)43-38(28)32)25-9-6-14-34-35(25)27-8-2-4-13-33(27)42-34/h1-19H. The van der Waals surface area contributed by atoms with E-state index in [2.05, 4.69) is 108 Å². The summed E-state index contributed by atoms with van der Waals surface area (Å²) in [5.74, 6) is 0. The Balaban J connectivity index is 1.42. The molecule has 0 spiro atoms. The molecule has 9 rings (SSSR count). The van der Waals surface area contributed by atoms with Crippen molar-refractivity contribution in [2.75, 3.05) is 0 Å². The molecule has 198 valence electrons. The van der Waals surface area contributed by atoms with Crippen molar-refractivity contribution in [1.29, 1.82) is 10.5 Å². The molecule has 6 aromatic carbocycles. The van der Waals surface area contributed by atoms with Crippen LogP contribution in [0.25, 0.3) is 79.0 Å². The lowest BCUT2D eigenvalue weighted by molar-refractivity contribution is 1.20. The van der Waals surface area contributed by atoms with Gasteiger partial charge in [0.2, 0.25) is 0 Å². The average Bonchev–Trinajstić information content (AvgIpc) is 3.74. The number of thiophene rings is 2. The number of hydrogen-bond donors (Lipinski definition) is 0. The predicted octanol–water partition coefficient (Wildman–Crippen LogP) is 10.9. The van der Waals surface area contributed by atoms with Gasteiger partial charge in [0.05, 0.1) is 43.3 Å². The van der Waals surface area contributed by atoms with Gasteiger partial charge in [-0.25, -0.2) is 0 Å². The molecule has 0 aliphatic carbocycles. The molecular weight excluding hydrogens is 563 g/mol. The van der Waals surface area contributed by atoms with Crippen LogP contribution in [-0.2, 0) is 0 Å². The molecule has 0 aliphatic heterocycles. The van der Waals surface area contributed by atoms with Crippen LogP contribution in [0.2, 0.25) is 0 Å². The van der Waals surface area contributed by atoms with Crippen molar-refractivity contribution in [1.82, 2.24) is 4.57 Å². The summed E-state index contributed by atoms with van der Waals surface area (Å²) in [6.45, 7) is 0. The Morgan fingerprint density at radius 2 is 1.26 bits per heavy atom. The van der Waals surface area contributed by atoms with Gasteiger partial charge in [-0.1, -0.05) is 66.7 Å². The molecule has 0 atom stereocenters. The summed E-state index contributed by atoms with van der Waals surface area (Å²) >= 11 is 3.51. The molecule has 3 nitrogen and oxygen atoms in total. The molecule has 0 bridgehead atoms. The molecule has 5 heteroatoms. The highest BCUT2D eigenvalue weighted by Crippen LogP contribution is 2.48. The molecule has 3 aromatic heterocycles. The highest BCUT2D eigenvalue weighted by atomic mass is 32.1. The SMILES string of the molecule is N#Cc1ccc2c(c1)c1ccccc1n2-c1cccc2c1sc1c(C#N)ccc(-c3cccc4sc5ccccc5c34)c12. The molecule has 3 heterocycles. The van der Waals surface area contributed by atoms with Crippen LogP contribution in [0.15, 0.2) is 115 Å². The zero-order chi connectivity index (χ0) is 28.7. The van der Waals surface area contributed by atoms with E-state index in [0.29, 0.717) is 11.1 Å². The number of hydrogen-bond acceptors (Lipinski definition) is 4. The second-order valence-corrected chi connectivity index (χ2v) is 12.8. The third-order valence-electron chi connectivity index (χ3n) is 8.48. The molecule has 0 saturated heterocycles.